The Morgan fingerprint density at radius 1 is 1.00 bits per heavy atom. The van der Waals surface area contributed by atoms with Crippen LogP contribution in [0.1, 0.15) is 15.9 Å². The lowest BCUT2D eigenvalue weighted by Crippen LogP contribution is -2.18. The number of aromatic nitrogens is 1. The number of amides is 1. The standard InChI is InChI=1S/C25H20N2O4S2/c1-27-13-21(22-14-32-24-5-3-2-4-19(22)24)20-12-16(6-11-23(20)27)15-33(30,31)18-9-7-17(8-10-18)25(28)26-29/h2-14,29H,15H2,1H3,(H,26,28). The lowest BCUT2D eigenvalue weighted by molar-refractivity contribution is 0.0706. The molecule has 2 heterocycles. The third-order valence-corrected chi connectivity index (χ3v) is 8.43. The van der Waals surface area contributed by atoms with Crippen LogP contribution in [0.4, 0.5) is 0 Å². The van der Waals surface area contributed by atoms with Gasteiger partial charge in [0, 0.05) is 50.9 Å². The van der Waals surface area contributed by atoms with E-state index in [0.717, 1.165) is 22.0 Å². The van der Waals surface area contributed by atoms with E-state index in [1.54, 1.807) is 11.3 Å². The first-order valence-corrected chi connectivity index (χ1v) is 12.7. The molecule has 0 saturated heterocycles. The molecule has 0 bridgehead atoms. The van der Waals surface area contributed by atoms with Crippen LogP contribution in [0.25, 0.3) is 32.1 Å². The normalized spacial score (nSPS) is 11.8. The molecule has 8 heteroatoms. The summed E-state index contributed by atoms with van der Waals surface area (Å²) in [5.41, 5.74) is 5.64. The first kappa shape index (κ1) is 21.4. The van der Waals surface area contributed by atoms with Crippen molar-refractivity contribution in [1.29, 1.82) is 0 Å². The van der Waals surface area contributed by atoms with E-state index in [4.69, 9.17) is 5.21 Å². The zero-order valence-electron chi connectivity index (χ0n) is 17.6. The van der Waals surface area contributed by atoms with Crippen LogP contribution in [0.3, 0.4) is 0 Å². The van der Waals surface area contributed by atoms with E-state index in [9.17, 15) is 13.2 Å². The smallest absolute Gasteiger partial charge is 0.274 e. The van der Waals surface area contributed by atoms with Crippen molar-refractivity contribution < 1.29 is 18.4 Å². The first-order chi connectivity index (χ1) is 15.9. The van der Waals surface area contributed by atoms with Gasteiger partial charge in [-0.3, -0.25) is 10.0 Å². The van der Waals surface area contributed by atoms with Gasteiger partial charge in [0.05, 0.1) is 10.6 Å². The number of hydrogen-bond donors (Lipinski definition) is 2. The maximum absolute atomic E-state index is 13.0. The van der Waals surface area contributed by atoms with Crippen LogP contribution in [0, 0.1) is 0 Å². The van der Waals surface area contributed by atoms with Crippen LogP contribution in [-0.4, -0.2) is 24.1 Å². The highest BCUT2D eigenvalue weighted by molar-refractivity contribution is 7.90. The van der Waals surface area contributed by atoms with Crippen molar-refractivity contribution in [3.05, 3.63) is 89.4 Å². The number of thiophene rings is 1. The molecule has 1 amide bonds. The van der Waals surface area contributed by atoms with Gasteiger partial charge in [-0.05, 0) is 53.4 Å². The number of carbonyl (C=O) groups is 1. The van der Waals surface area contributed by atoms with Crippen molar-refractivity contribution in [2.75, 3.05) is 0 Å². The molecule has 6 nitrogen and oxygen atoms in total. The summed E-state index contributed by atoms with van der Waals surface area (Å²) in [6, 6.07) is 19.5. The summed E-state index contributed by atoms with van der Waals surface area (Å²) in [4.78, 5) is 11.6. The minimum absolute atomic E-state index is 0.120. The van der Waals surface area contributed by atoms with Crippen molar-refractivity contribution in [2.45, 2.75) is 10.6 Å². The minimum atomic E-state index is -3.62. The third kappa shape index (κ3) is 3.82. The van der Waals surface area contributed by atoms with Gasteiger partial charge in [0.1, 0.15) is 0 Å². The fourth-order valence-electron chi connectivity index (χ4n) is 4.11. The molecule has 0 radical (unpaired) electrons. The molecule has 0 atom stereocenters. The summed E-state index contributed by atoms with van der Waals surface area (Å²) < 4.78 is 29.3. The Bertz CT molecular complexity index is 1610. The lowest BCUT2D eigenvalue weighted by atomic mass is 10.0. The number of hydrogen-bond acceptors (Lipinski definition) is 5. The average Bonchev–Trinajstić information content (AvgIpc) is 3.39. The summed E-state index contributed by atoms with van der Waals surface area (Å²) in [6.45, 7) is 0. The van der Waals surface area contributed by atoms with Gasteiger partial charge in [0.2, 0.25) is 0 Å². The number of carbonyl (C=O) groups excluding carboxylic acids is 1. The average molecular weight is 477 g/mol. The molecule has 5 aromatic rings. The Morgan fingerprint density at radius 2 is 1.76 bits per heavy atom. The first-order valence-electron chi connectivity index (χ1n) is 10.2. The highest BCUT2D eigenvalue weighted by Gasteiger charge is 2.18. The van der Waals surface area contributed by atoms with Crippen molar-refractivity contribution in [3.8, 4) is 11.1 Å². The van der Waals surface area contributed by atoms with Crippen LogP contribution in [0.5, 0.6) is 0 Å². The number of aryl methyl sites for hydroxylation is 1. The molecule has 0 saturated carbocycles. The highest BCUT2D eigenvalue weighted by atomic mass is 32.2. The van der Waals surface area contributed by atoms with Crippen LogP contribution >= 0.6 is 11.3 Å². The van der Waals surface area contributed by atoms with Gasteiger partial charge in [0.15, 0.2) is 9.84 Å². The Hall–Kier alpha value is -3.46. The number of benzene rings is 3. The van der Waals surface area contributed by atoms with Gasteiger partial charge in [-0.15, -0.1) is 11.3 Å². The summed E-state index contributed by atoms with van der Waals surface area (Å²) >= 11 is 1.69. The number of rotatable bonds is 5. The van der Waals surface area contributed by atoms with E-state index in [-0.39, 0.29) is 16.2 Å². The van der Waals surface area contributed by atoms with E-state index >= 15 is 0 Å². The zero-order chi connectivity index (χ0) is 23.2. The fraction of sp³-hybridized carbons (Fsp3) is 0.0800. The third-order valence-electron chi connectivity index (χ3n) is 5.76. The number of nitrogens with one attached hydrogen (secondary N) is 1. The van der Waals surface area contributed by atoms with Gasteiger partial charge in [-0.25, -0.2) is 13.9 Å². The molecule has 0 aliphatic carbocycles. The van der Waals surface area contributed by atoms with Crippen LogP contribution < -0.4 is 5.48 Å². The molecule has 0 fully saturated rings. The van der Waals surface area contributed by atoms with E-state index < -0.39 is 15.7 Å². The quantitative estimate of drug-likeness (QED) is 0.271. The monoisotopic (exact) mass is 476 g/mol. The molecule has 0 spiro atoms. The molecule has 3 aromatic carbocycles. The van der Waals surface area contributed by atoms with Crippen molar-refractivity contribution in [1.82, 2.24) is 10.0 Å². The van der Waals surface area contributed by atoms with Crippen LogP contribution in [-0.2, 0) is 22.6 Å². The molecular formula is C25H20N2O4S2. The van der Waals surface area contributed by atoms with E-state index in [0.29, 0.717) is 5.56 Å². The number of nitrogens with zero attached hydrogens (tertiary/aromatic N) is 1. The van der Waals surface area contributed by atoms with Crippen LogP contribution in [0.2, 0.25) is 0 Å². The number of fused-ring (bicyclic) bond motifs is 2. The maximum atomic E-state index is 13.0. The molecular weight excluding hydrogens is 456 g/mol. The van der Waals surface area contributed by atoms with E-state index in [1.807, 2.05) is 37.4 Å². The summed E-state index contributed by atoms with van der Waals surface area (Å²) in [6.07, 6.45) is 2.09. The molecule has 2 aromatic heterocycles. The Morgan fingerprint density at radius 3 is 2.52 bits per heavy atom. The van der Waals surface area contributed by atoms with Gasteiger partial charge in [-0.2, -0.15) is 0 Å². The van der Waals surface area contributed by atoms with Crippen molar-refractivity contribution >= 4 is 48.1 Å². The lowest BCUT2D eigenvalue weighted by Gasteiger charge is -2.07. The zero-order valence-corrected chi connectivity index (χ0v) is 19.3. The summed E-state index contributed by atoms with van der Waals surface area (Å²) in [7, 11) is -1.64. The molecule has 2 N–H and O–H groups in total. The molecule has 0 aliphatic rings. The Labute approximate surface area is 194 Å². The summed E-state index contributed by atoms with van der Waals surface area (Å²) in [5.74, 6) is -0.852. The largest absolute Gasteiger partial charge is 0.350 e. The highest BCUT2D eigenvalue weighted by Crippen LogP contribution is 2.38. The van der Waals surface area contributed by atoms with Crippen molar-refractivity contribution in [3.63, 3.8) is 0 Å². The topological polar surface area (TPSA) is 88.4 Å². The van der Waals surface area contributed by atoms with Gasteiger partial charge < -0.3 is 4.57 Å². The van der Waals surface area contributed by atoms with E-state index in [2.05, 4.69) is 28.3 Å². The number of sulfone groups is 1. The van der Waals surface area contributed by atoms with Gasteiger partial charge in [0.25, 0.3) is 5.91 Å². The number of hydroxylamine groups is 1. The molecule has 0 unspecified atom stereocenters. The predicted molar refractivity (Wildman–Crippen MR) is 130 cm³/mol. The second-order valence-corrected chi connectivity index (χ2v) is 10.8. The van der Waals surface area contributed by atoms with Crippen LogP contribution in [0.15, 0.2) is 83.2 Å². The molecule has 5 rings (SSSR count). The molecule has 0 aliphatic heterocycles. The Kier molecular flexibility index (Phi) is 5.28. The second-order valence-electron chi connectivity index (χ2n) is 7.88. The SMILES string of the molecule is Cn1cc(-c2csc3ccccc23)c2cc(CS(=O)(=O)c3ccc(C(=O)NO)cc3)ccc21. The minimum Gasteiger partial charge on any atom is -0.350 e. The van der Waals surface area contributed by atoms with Gasteiger partial charge >= 0.3 is 0 Å². The fourth-order valence-corrected chi connectivity index (χ4v) is 6.41. The van der Waals surface area contributed by atoms with Crippen molar-refractivity contribution in [2.24, 2.45) is 7.05 Å². The predicted octanol–water partition coefficient (Wildman–Crippen LogP) is 5.15. The van der Waals surface area contributed by atoms with E-state index in [1.165, 1.54) is 39.8 Å². The van der Waals surface area contributed by atoms with Gasteiger partial charge in [-0.1, -0.05) is 24.3 Å². The summed E-state index contributed by atoms with van der Waals surface area (Å²) in [5, 5.41) is 13.1. The molecule has 33 heavy (non-hydrogen) atoms. The second kappa shape index (κ2) is 8.15. The molecule has 166 valence electrons. The maximum Gasteiger partial charge on any atom is 0.274 e. The Balaban J connectivity index is 1.53.